The Morgan fingerprint density at radius 3 is 2.87 bits per heavy atom. The molecule has 1 saturated carbocycles. The minimum Gasteiger partial charge on any atom is -0.490 e. The molecule has 0 bridgehead atoms. The molecule has 4 rings (SSSR count). The Morgan fingerprint density at radius 1 is 1.40 bits per heavy atom. The Kier molecular flexibility index (Phi) is 5.73. The van der Waals surface area contributed by atoms with Crippen molar-refractivity contribution in [1.29, 1.82) is 0 Å². The lowest BCUT2D eigenvalue weighted by Gasteiger charge is -2.13. The molecule has 1 aromatic carbocycles. The summed E-state index contributed by atoms with van der Waals surface area (Å²) in [7, 11) is 1.36. The predicted molar refractivity (Wildman–Crippen MR) is 108 cm³/mol. The number of ether oxygens (including phenoxy) is 2. The second-order valence-electron chi connectivity index (χ2n) is 6.73. The normalized spacial score (nSPS) is 14.5. The summed E-state index contributed by atoms with van der Waals surface area (Å²) < 4.78 is 26.6. The molecule has 156 valence electrons. The van der Waals surface area contributed by atoms with Crippen LogP contribution in [0.3, 0.4) is 0 Å². The Hall–Kier alpha value is -2.92. The molecule has 1 aliphatic rings. The van der Waals surface area contributed by atoms with Crippen LogP contribution in [-0.4, -0.2) is 31.8 Å². The number of nitrogens with zero attached hydrogens (tertiary/aromatic N) is 5. The second-order valence-corrected chi connectivity index (χ2v) is 7.56. The van der Waals surface area contributed by atoms with Gasteiger partial charge in [0.05, 0.1) is 30.2 Å². The number of benzene rings is 1. The number of methoxy groups -OCH3 is 1. The zero-order valence-corrected chi connectivity index (χ0v) is 17.5. The van der Waals surface area contributed by atoms with Gasteiger partial charge in [-0.15, -0.1) is 0 Å². The predicted octanol–water partition coefficient (Wildman–Crippen LogP) is 4.34. The van der Waals surface area contributed by atoms with Gasteiger partial charge in [-0.25, -0.2) is 14.1 Å². The quantitative estimate of drug-likeness (QED) is 0.269. The third-order valence-corrected chi connectivity index (χ3v) is 5.30. The van der Waals surface area contributed by atoms with Gasteiger partial charge in [-0.05, 0) is 36.6 Å². The number of hydrogen-bond donors (Lipinski definition) is 0. The Labute approximate surface area is 179 Å². The molecule has 1 aliphatic carbocycles. The fraction of sp³-hybridized carbons (Fsp3) is 0.316. The second kappa shape index (κ2) is 8.44. The van der Waals surface area contributed by atoms with Crippen molar-refractivity contribution in [2.45, 2.75) is 30.5 Å². The van der Waals surface area contributed by atoms with Crippen molar-refractivity contribution in [2.24, 2.45) is 0 Å². The first kappa shape index (κ1) is 20.4. The molecule has 9 nitrogen and oxygen atoms in total. The van der Waals surface area contributed by atoms with E-state index in [0.29, 0.717) is 23.0 Å². The molecule has 0 spiro atoms. The summed E-state index contributed by atoms with van der Waals surface area (Å²) in [4.78, 5) is 19.3. The van der Waals surface area contributed by atoms with Crippen molar-refractivity contribution in [1.82, 2.24) is 19.7 Å². The monoisotopic (exact) mass is 477 g/mol. The molecule has 0 amide bonds. The van der Waals surface area contributed by atoms with Crippen LogP contribution in [0.25, 0.3) is 11.4 Å². The van der Waals surface area contributed by atoms with E-state index in [1.165, 1.54) is 31.5 Å². The summed E-state index contributed by atoms with van der Waals surface area (Å²) in [5, 5.41) is 15.2. The van der Waals surface area contributed by atoms with Crippen molar-refractivity contribution in [3.05, 3.63) is 64.0 Å². The lowest BCUT2D eigenvalue weighted by atomic mass is 10.1. The molecule has 3 aromatic rings. The highest BCUT2D eigenvalue weighted by molar-refractivity contribution is 9.09. The van der Waals surface area contributed by atoms with E-state index in [2.05, 4.69) is 31.0 Å². The van der Waals surface area contributed by atoms with Gasteiger partial charge in [-0.1, -0.05) is 15.9 Å². The first-order chi connectivity index (χ1) is 14.5. The first-order valence-corrected chi connectivity index (χ1v) is 10.0. The lowest BCUT2D eigenvalue weighted by Crippen LogP contribution is -2.04. The highest BCUT2D eigenvalue weighted by Gasteiger charge is 2.28. The average molecular weight is 478 g/mol. The van der Waals surface area contributed by atoms with Crippen molar-refractivity contribution < 1.29 is 18.8 Å². The van der Waals surface area contributed by atoms with Gasteiger partial charge in [0.1, 0.15) is 17.8 Å². The SMILES string of the molecule is COc1c(-c2ncn(C3CC3)n2)cc(COC(Br)c2ncccc2F)cc1[N+](=O)[O-]. The number of hydrogen-bond acceptors (Lipinski definition) is 7. The van der Waals surface area contributed by atoms with E-state index >= 15 is 0 Å². The van der Waals surface area contributed by atoms with Gasteiger partial charge in [0.15, 0.2) is 10.8 Å². The minimum atomic E-state index is -0.824. The Morgan fingerprint density at radius 2 is 2.20 bits per heavy atom. The van der Waals surface area contributed by atoms with Gasteiger partial charge in [0, 0.05) is 12.3 Å². The third kappa shape index (κ3) is 4.17. The molecule has 0 saturated heterocycles. The van der Waals surface area contributed by atoms with Crippen LogP contribution < -0.4 is 4.74 Å². The minimum absolute atomic E-state index is 0.0346. The molecule has 0 radical (unpaired) electrons. The fourth-order valence-corrected chi connectivity index (χ4v) is 3.47. The summed E-state index contributed by atoms with van der Waals surface area (Å²) >= 11 is 3.25. The molecule has 1 unspecified atom stereocenters. The molecular weight excluding hydrogens is 461 g/mol. The number of rotatable bonds is 8. The molecule has 1 fully saturated rings. The number of aromatic nitrogens is 4. The van der Waals surface area contributed by atoms with Gasteiger partial charge in [-0.3, -0.25) is 15.1 Å². The summed E-state index contributed by atoms with van der Waals surface area (Å²) in [5.41, 5.74) is 0.734. The zero-order valence-electron chi connectivity index (χ0n) is 15.9. The van der Waals surface area contributed by atoms with Crippen molar-refractivity contribution in [2.75, 3.05) is 7.11 Å². The van der Waals surface area contributed by atoms with Crippen molar-refractivity contribution in [3.8, 4) is 17.1 Å². The van der Waals surface area contributed by atoms with E-state index in [9.17, 15) is 14.5 Å². The largest absolute Gasteiger partial charge is 0.490 e. The first-order valence-electron chi connectivity index (χ1n) is 9.11. The zero-order chi connectivity index (χ0) is 21.3. The van der Waals surface area contributed by atoms with Crippen LogP contribution in [0, 0.1) is 15.9 Å². The highest BCUT2D eigenvalue weighted by atomic mass is 79.9. The summed E-state index contributed by atoms with van der Waals surface area (Å²) in [6, 6.07) is 6.10. The topological polar surface area (TPSA) is 105 Å². The van der Waals surface area contributed by atoms with E-state index in [1.54, 1.807) is 17.1 Å². The van der Waals surface area contributed by atoms with Crippen LogP contribution in [0.15, 0.2) is 36.8 Å². The standard InChI is InChI=1S/C19H17BrFN5O4/c1-29-17-13(19-23-10-25(24-19)12-4-5-12)7-11(8-15(17)26(27)28)9-30-18(20)16-14(21)3-2-6-22-16/h2-3,6-8,10,12,18H,4-5,9H2,1H3. The van der Waals surface area contributed by atoms with Crippen LogP contribution in [0.2, 0.25) is 0 Å². The van der Waals surface area contributed by atoms with E-state index in [0.717, 1.165) is 12.8 Å². The molecule has 2 aromatic heterocycles. The van der Waals surface area contributed by atoms with Gasteiger partial charge in [-0.2, -0.15) is 5.10 Å². The summed E-state index contributed by atoms with van der Waals surface area (Å²) in [5.74, 6) is -0.117. The molecule has 11 heteroatoms. The van der Waals surface area contributed by atoms with E-state index in [1.807, 2.05) is 0 Å². The summed E-state index contributed by atoms with van der Waals surface area (Å²) in [6.45, 7) is -0.0346. The fourth-order valence-electron chi connectivity index (χ4n) is 3.00. The smallest absolute Gasteiger partial charge is 0.312 e. The maximum absolute atomic E-state index is 13.9. The maximum Gasteiger partial charge on any atom is 0.312 e. The molecule has 0 N–H and O–H groups in total. The average Bonchev–Trinajstić information content (AvgIpc) is 3.48. The van der Waals surface area contributed by atoms with Gasteiger partial charge in [0.25, 0.3) is 0 Å². The highest BCUT2D eigenvalue weighted by Crippen LogP contribution is 2.40. The molecule has 30 heavy (non-hydrogen) atoms. The van der Waals surface area contributed by atoms with Gasteiger partial charge in [0.2, 0.25) is 5.75 Å². The van der Waals surface area contributed by atoms with Crippen LogP contribution in [0.5, 0.6) is 5.75 Å². The van der Waals surface area contributed by atoms with E-state index in [-0.39, 0.29) is 23.7 Å². The number of alkyl halides is 1. The molecule has 0 aliphatic heterocycles. The van der Waals surface area contributed by atoms with Crippen LogP contribution in [0.4, 0.5) is 10.1 Å². The Balaban J connectivity index is 1.65. The number of pyridine rings is 1. The number of halogens is 2. The van der Waals surface area contributed by atoms with Crippen LogP contribution in [0.1, 0.15) is 35.2 Å². The van der Waals surface area contributed by atoms with Gasteiger partial charge < -0.3 is 9.47 Å². The number of nitro groups is 1. The summed E-state index contributed by atoms with van der Waals surface area (Å²) in [6.07, 6.45) is 5.13. The van der Waals surface area contributed by atoms with Crippen LogP contribution >= 0.6 is 15.9 Å². The van der Waals surface area contributed by atoms with E-state index < -0.39 is 15.8 Å². The molecular formula is C19H17BrFN5O4. The maximum atomic E-state index is 13.9. The third-order valence-electron chi connectivity index (χ3n) is 4.60. The van der Waals surface area contributed by atoms with Crippen molar-refractivity contribution in [3.63, 3.8) is 0 Å². The van der Waals surface area contributed by atoms with Gasteiger partial charge >= 0.3 is 5.69 Å². The molecule has 2 heterocycles. The lowest BCUT2D eigenvalue weighted by molar-refractivity contribution is -0.385. The van der Waals surface area contributed by atoms with Crippen molar-refractivity contribution >= 4 is 21.6 Å². The van der Waals surface area contributed by atoms with E-state index in [4.69, 9.17) is 9.47 Å². The molecule has 1 atom stereocenters. The van der Waals surface area contributed by atoms with Crippen LogP contribution in [-0.2, 0) is 11.3 Å². The number of nitro benzene ring substituents is 1. The Bertz CT molecular complexity index is 1090.